The van der Waals surface area contributed by atoms with Gasteiger partial charge in [0.2, 0.25) is 11.9 Å². The number of benzene rings is 1. The lowest BCUT2D eigenvalue weighted by Crippen LogP contribution is -2.45. The number of hydrogen-bond acceptors (Lipinski definition) is 7. The van der Waals surface area contributed by atoms with E-state index in [2.05, 4.69) is 4.98 Å². The van der Waals surface area contributed by atoms with Crippen molar-refractivity contribution in [1.29, 1.82) is 5.26 Å². The smallest absolute Gasteiger partial charge is 0.366 e. The minimum absolute atomic E-state index is 0.000419. The monoisotopic (exact) mass is 476 g/mol. The van der Waals surface area contributed by atoms with Crippen molar-refractivity contribution in [3.05, 3.63) is 56.2 Å². The lowest BCUT2D eigenvalue weighted by Gasteiger charge is -2.33. The van der Waals surface area contributed by atoms with Gasteiger partial charge in [-0.15, -0.1) is 11.3 Å². The molecule has 0 spiro atoms. The first-order valence-corrected chi connectivity index (χ1v) is 10.9. The summed E-state index contributed by atoms with van der Waals surface area (Å²) < 4.78 is 41.7. The molecule has 12 heteroatoms. The fourth-order valence-corrected chi connectivity index (χ4v) is 4.96. The Bertz CT molecular complexity index is 1340. The highest BCUT2D eigenvalue weighted by atomic mass is 32.1. The minimum atomic E-state index is -4.66. The maximum Gasteiger partial charge on any atom is 0.419 e. The molecule has 0 aliphatic carbocycles. The second-order valence-electron chi connectivity index (χ2n) is 7.79. The van der Waals surface area contributed by atoms with Gasteiger partial charge in [-0.1, -0.05) is 12.1 Å². The van der Waals surface area contributed by atoms with Gasteiger partial charge in [-0.2, -0.15) is 18.4 Å². The number of halogens is 3. The number of nitrogens with zero attached hydrogens (tertiary/aromatic N) is 4. The van der Waals surface area contributed by atoms with Crippen LogP contribution < -0.4 is 21.9 Å². The molecule has 8 nitrogen and oxygen atoms in total. The molecule has 1 aromatic carbocycles. The third-order valence-corrected chi connectivity index (χ3v) is 6.52. The van der Waals surface area contributed by atoms with E-state index >= 15 is 0 Å². The number of nitriles is 1. The van der Waals surface area contributed by atoms with Crippen LogP contribution in [-0.4, -0.2) is 34.6 Å². The molecule has 0 saturated carbocycles. The number of thiophene rings is 1. The van der Waals surface area contributed by atoms with Gasteiger partial charge in [0.05, 0.1) is 23.2 Å². The number of carbonyl (C=O) groups excluding carboxylic acids is 1. The number of amides is 1. The van der Waals surface area contributed by atoms with Crippen molar-refractivity contribution >= 4 is 33.4 Å². The lowest BCUT2D eigenvalue weighted by molar-refractivity contribution is -0.136. The predicted molar refractivity (Wildman–Crippen MR) is 117 cm³/mol. The van der Waals surface area contributed by atoms with E-state index in [9.17, 15) is 28.0 Å². The first-order chi connectivity index (χ1) is 15.6. The summed E-state index contributed by atoms with van der Waals surface area (Å²) in [4.78, 5) is 31.1. The van der Waals surface area contributed by atoms with Gasteiger partial charge in [0.1, 0.15) is 16.3 Å². The number of carbonyl (C=O) groups is 1. The zero-order valence-corrected chi connectivity index (χ0v) is 18.0. The summed E-state index contributed by atoms with van der Waals surface area (Å²) in [5, 5.41) is 10.5. The highest BCUT2D eigenvalue weighted by Crippen LogP contribution is 2.37. The molecule has 1 aliphatic heterocycles. The standard InChI is InChI=1S/C21H19F3N6O2S/c22-21(23,24)15-10-33-17-16(15)28-20(29-6-2-4-12(26)9-29)30(19(17)32)8-11-3-1-5-13(18(27)31)14(11)7-25/h1,3,5,10,12H,2,4,6,8-9,26H2,(H2,27,31)/t12-/m1/s1. The van der Waals surface area contributed by atoms with Gasteiger partial charge in [0.15, 0.2) is 0 Å². The van der Waals surface area contributed by atoms with Crippen molar-refractivity contribution in [1.82, 2.24) is 9.55 Å². The average Bonchev–Trinajstić information content (AvgIpc) is 3.20. The van der Waals surface area contributed by atoms with Gasteiger partial charge in [-0.05, 0) is 24.5 Å². The van der Waals surface area contributed by atoms with Crippen LogP contribution in [0.15, 0.2) is 28.4 Å². The number of alkyl halides is 3. The van der Waals surface area contributed by atoms with Crippen molar-refractivity contribution in [2.24, 2.45) is 11.5 Å². The molecule has 0 bridgehead atoms. The van der Waals surface area contributed by atoms with E-state index in [1.165, 1.54) is 16.7 Å². The Labute approximate surface area is 189 Å². The molecule has 3 aromatic rings. The van der Waals surface area contributed by atoms with E-state index in [-0.39, 0.29) is 34.4 Å². The van der Waals surface area contributed by atoms with Gasteiger partial charge >= 0.3 is 6.18 Å². The summed E-state index contributed by atoms with van der Waals surface area (Å²) in [5.74, 6) is -0.760. The summed E-state index contributed by atoms with van der Waals surface area (Å²) in [6, 6.07) is 6.19. The number of anilines is 1. The molecule has 172 valence electrons. The van der Waals surface area contributed by atoms with Gasteiger partial charge in [-0.25, -0.2) is 4.98 Å². The Hall–Kier alpha value is -3.43. The van der Waals surface area contributed by atoms with E-state index in [0.29, 0.717) is 36.4 Å². The number of primary amides is 1. The van der Waals surface area contributed by atoms with Crippen molar-refractivity contribution in [2.45, 2.75) is 31.6 Å². The Kier molecular flexibility index (Phi) is 5.85. The first kappa shape index (κ1) is 22.8. The molecule has 1 aliphatic rings. The second kappa shape index (κ2) is 8.49. The molecule has 0 radical (unpaired) electrons. The molecule has 2 aromatic heterocycles. The van der Waals surface area contributed by atoms with Crippen molar-refractivity contribution in [3.63, 3.8) is 0 Å². The van der Waals surface area contributed by atoms with E-state index in [1.54, 1.807) is 11.0 Å². The second-order valence-corrected chi connectivity index (χ2v) is 8.67. The van der Waals surface area contributed by atoms with Crippen LogP contribution in [0.4, 0.5) is 19.1 Å². The summed E-state index contributed by atoms with van der Waals surface area (Å²) >= 11 is 0.668. The zero-order valence-electron chi connectivity index (χ0n) is 17.2. The van der Waals surface area contributed by atoms with Crippen LogP contribution in [-0.2, 0) is 12.7 Å². The number of hydrogen-bond donors (Lipinski definition) is 2. The number of fused-ring (bicyclic) bond motifs is 1. The Balaban J connectivity index is 1.94. The molecule has 1 atom stereocenters. The predicted octanol–water partition coefficient (Wildman–Crippen LogP) is 2.42. The summed E-state index contributed by atoms with van der Waals surface area (Å²) in [7, 11) is 0. The maximum absolute atomic E-state index is 13.5. The van der Waals surface area contributed by atoms with E-state index < -0.39 is 28.7 Å². The van der Waals surface area contributed by atoms with E-state index in [1.807, 2.05) is 6.07 Å². The number of piperidine rings is 1. The normalized spacial score (nSPS) is 16.7. The van der Waals surface area contributed by atoms with Crippen molar-refractivity contribution < 1.29 is 18.0 Å². The summed E-state index contributed by atoms with van der Waals surface area (Å²) in [5.41, 5.74) is 9.71. The van der Waals surface area contributed by atoms with Crippen LogP contribution in [0.2, 0.25) is 0 Å². The fraction of sp³-hybridized carbons (Fsp3) is 0.333. The number of rotatable bonds is 4. The van der Waals surface area contributed by atoms with Gasteiger partial charge in [0, 0.05) is 24.5 Å². The summed E-state index contributed by atoms with van der Waals surface area (Å²) in [6.45, 7) is 0.603. The Morgan fingerprint density at radius 1 is 1.36 bits per heavy atom. The Morgan fingerprint density at radius 3 is 2.76 bits per heavy atom. The van der Waals surface area contributed by atoms with Crippen LogP contribution in [0.3, 0.4) is 0 Å². The molecule has 0 unspecified atom stereocenters. The van der Waals surface area contributed by atoms with Crippen molar-refractivity contribution in [3.8, 4) is 6.07 Å². The first-order valence-electron chi connectivity index (χ1n) is 10.0. The van der Waals surface area contributed by atoms with Gasteiger partial charge < -0.3 is 16.4 Å². The lowest BCUT2D eigenvalue weighted by atomic mass is 10.0. The largest absolute Gasteiger partial charge is 0.419 e. The van der Waals surface area contributed by atoms with E-state index in [4.69, 9.17) is 11.5 Å². The van der Waals surface area contributed by atoms with Crippen LogP contribution >= 0.6 is 11.3 Å². The molecule has 4 N–H and O–H groups in total. The molecular formula is C21H19F3N6O2S. The number of aromatic nitrogens is 2. The minimum Gasteiger partial charge on any atom is -0.366 e. The molecule has 3 heterocycles. The highest BCUT2D eigenvalue weighted by Gasteiger charge is 2.36. The summed E-state index contributed by atoms with van der Waals surface area (Å²) in [6.07, 6.45) is -3.23. The fourth-order valence-electron chi connectivity index (χ4n) is 4.00. The van der Waals surface area contributed by atoms with Crippen LogP contribution in [0.1, 0.15) is 39.9 Å². The molecule has 1 fully saturated rings. The van der Waals surface area contributed by atoms with Crippen LogP contribution in [0.25, 0.3) is 10.2 Å². The molecule has 33 heavy (non-hydrogen) atoms. The number of nitrogens with two attached hydrogens (primary N) is 2. The van der Waals surface area contributed by atoms with E-state index in [0.717, 1.165) is 11.8 Å². The zero-order chi connectivity index (χ0) is 23.9. The quantitative estimate of drug-likeness (QED) is 0.595. The van der Waals surface area contributed by atoms with Crippen LogP contribution in [0, 0.1) is 11.3 Å². The molecule has 1 amide bonds. The SMILES string of the molecule is N#Cc1c(Cn2c(N3CCC[C@@H](N)C3)nc3c(C(F)(F)F)csc3c2=O)cccc1C(N)=O. The van der Waals surface area contributed by atoms with Gasteiger partial charge in [0.25, 0.3) is 5.56 Å². The van der Waals surface area contributed by atoms with Gasteiger partial charge in [-0.3, -0.25) is 14.2 Å². The average molecular weight is 476 g/mol. The molecule has 4 rings (SSSR count). The third kappa shape index (κ3) is 4.17. The topological polar surface area (TPSA) is 131 Å². The molecular weight excluding hydrogens is 457 g/mol. The maximum atomic E-state index is 13.5. The van der Waals surface area contributed by atoms with Crippen LogP contribution in [0.5, 0.6) is 0 Å². The van der Waals surface area contributed by atoms with Crippen molar-refractivity contribution in [2.75, 3.05) is 18.0 Å². The molecule has 1 saturated heterocycles. The highest BCUT2D eigenvalue weighted by molar-refractivity contribution is 7.17. The third-order valence-electron chi connectivity index (χ3n) is 5.56. The Morgan fingerprint density at radius 2 is 2.12 bits per heavy atom.